The summed E-state index contributed by atoms with van der Waals surface area (Å²) in [6.07, 6.45) is 1.29. The second-order valence-corrected chi connectivity index (χ2v) is 4.53. The lowest BCUT2D eigenvalue weighted by molar-refractivity contribution is 0.600. The van der Waals surface area contributed by atoms with Crippen molar-refractivity contribution in [1.29, 1.82) is 0 Å². The van der Waals surface area contributed by atoms with Crippen LogP contribution >= 0.6 is 0 Å². The third kappa shape index (κ3) is 1.48. The first-order valence-corrected chi connectivity index (χ1v) is 5.99. The van der Waals surface area contributed by atoms with Crippen LogP contribution in [0.25, 0.3) is 33.3 Å². The molecule has 5 nitrogen and oxygen atoms in total. The predicted octanol–water partition coefficient (Wildman–Crippen LogP) is 3.09. The van der Waals surface area contributed by atoms with Gasteiger partial charge in [-0.3, -0.25) is 5.10 Å². The van der Waals surface area contributed by atoms with Crippen LogP contribution in [0.4, 0.5) is 10.1 Å². The van der Waals surface area contributed by atoms with Crippen LogP contribution in [-0.4, -0.2) is 15.2 Å². The number of benzene rings is 2. The zero-order valence-corrected chi connectivity index (χ0v) is 10.2. The molecule has 0 bridgehead atoms. The van der Waals surface area contributed by atoms with Crippen LogP contribution in [0.5, 0.6) is 0 Å². The Morgan fingerprint density at radius 2 is 2.10 bits per heavy atom. The van der Waals surface area contributed by atoms with Crippen LogP contribution in [0.15, 0.2) is 41.1 Å². The van der Waals surface area contributed by atoms with Crippen LogP contribution in [0.3, 0.4) is 0 Å². The average molecular weight is 268 g/mol. The maximum absolute atomic E-state index is 14.2. The molecule has 4 aromatic rings. The number of rotatable bonds is 1. The Balaban J connectivity index is 2.04. The van der Waals surface area contributed by atoms with Gasteiger partial charge in [0.05, 0.1) is 5.52 Å². The number of hydrogen-bond donors (Lipinski definition) is 2. The molecule has 2 heterocycles. The van der Waals surface area contributed by atoms with Gasteiger partial charge in [0.25, 0.3) is 0 Å². The summed E-state index contributed by atoms with van der Waals surface area (Å²) >= 11 is 0. The van der Waals surface area contributed by atoms with E-state index in [1.165, 1.54) is 12.5 Å². The van der Waals surface area contributed by atoms with Gasteiger partial charge in [-0.15, -0.1) is 0 Å². The molecule has 20 heavy (non-hydrogen) atoms. The summed E-state index contributed by atoms with van der Waals surface area (Å²) in [6, 6.07) is 8.27. The number of nitrogens with zero attached hydrogens (tertiary/aromatic N) is 2. The van der Waals surface area contributed by atoms with Crippen molar-refractivity contribution >= 4 is 27.7 Å². The number of nitrogens with one attached hydrogen (secondary N) is 1. The molecule has 2 aromatic heterocycles. The second-order valence-electron chi connectivity index (χ2n) is 4.53. The van der Waals surface area contributed by atoms with Gasteiger partial charge in [-0.1, -0.05) is 0 Å². The number of H-pyrrole nitrogens is 1. The molecule has 0 amide bonds. The SMILES string of the molecule is Nc1ccc2[nH]nc(-c3cc4ocnc4cc3F)c2c1. The van der Waals surface area contributed by atoms with Crippen molar-refractivity contribution in [1.82, 2.24) is 15.2 Å². The van der Waals surface area contributed by atoms with Gasteiger partial charge < -0.3 is 10.2 Å². The first kappa shape index (κ1) is 11.0. The Kier molecular flexibility index (Phi) is 2.09. The summed E-state index contributed by atoms with van der Waals surface area (Å²) in [6.45, 7) is 0. The molecule has 0 radical (unpaired) electrons. The van der Waals surface area contributed by atoms with Gasteiger partial charge in [-0.2, -0.15) is 5.10 Å². The van der Waals surface area contributed by atoms with Gasteiger partial charge in [-0.05, 0) is 24.3 Å². The van der Waals surface area contributed by atoms with E-state index in [1.54, 1.807) is 18.2 Å². The van der Waals surface area contributed by atoms with E-state index in [1.807, 2.05) is 6.07 Å². The monoisotopic (exact) mass is 268 g/mol. The van der Waals surface area contributed by atoms with Crippen LogP contribution < -0.4 is 5.73 Å². The Labute approximate surface area is 112 Å². The highest BCUT2D eigenvalue weighted by Crippen LogP contribution is 2.31. The van der Waals surface area contributed by atoms with E-state index in [2.05, 4.69) is 15.2 Å². The van der Waals surface area contributed by atoms with Gasteiger partial charge in [-0.25, -0.2) is 9.37 Å². The summed E-state index contributed by atoms with van der Waals surface area (Å²) in [4.78, 5) is 3.92. The summed E-state index contributed by atoms with van der Waals surface area (Å²) in [5.74, 6) is -0.401. The average Bonchev–Trinajstić information content (AvgIpc) is 3.03. The van der Waals surface area contributed by atoms with Gasteiger partial charge in [0.2, 0.25) is 0 Å². The molecule has 0 atom stereocenters. The molecule has 0 unspecified atom stereocenters. The van der Waals surface area contributed by atoms with Gasteiger partial charge in [0, 0.05) is 22.7 Å². The number of nitrogens with two attached hydrogens (primary N) is 1. The zero-order valence-electron chi connectivity index (χ0n) is 10.2. The highest BCUT2D eigenvalue weighted by molar-refractivity contribution is 5.96. The molecule has 0 spiro atoms. The quantitative estimate of drug-likeness (QED) is 0.520. The molecule has 0 aliphatic heterocycles. The van der Waals surface area contributed by atoms with Crippen molar-refractivity contribution < 1.29 is 8.81 Å². The van der Waals surface area contributed by atoms with Crippen LogP contribution in [-0.2, 0) is 0 Å². The Morgan fingerprint density at radius 3 is 3.00 bits per heavy atom. The summed E-state index contributed by atoms with van der Waals surface area (Å²) in [5.41, 5.74) is 9.02. The predicted molar refractivity (Wildman–Crippen MR) is 73.5 cm³/mol. The third-order valence-electron chi connectivity index (χ3n) is 3.26. The maximum Gasteiger partial charge on any atom is 0.181 e. The lowest BCUT2D eigenvalue weighted by atomic mass is 10.1. The molecule has 4 rings (SSSR count). The highest BCUT2D eigenvalue weighted by Gasteiger charge is 2.15. The van der Waals surface area contributed by atoms with Crippen LogP contribution in [0, 0.1) is 5.82 Å². The standard InChI is InChI=1S/C14H9FN4O/c15-10-5-12-13(20-6-17-12)4-8(10)14-9-3-7(16)1-2-11(9)18-19-14/h1-6H,16H2,(H,18,19). The minimum atomic E-state index is -0.401. The van der Waals surface area contributed by atoms with Crippen molar-refractivity contribution in [2.75, 3.05) is 5.73 Å². The fourth-order valence-corrected chi connectivity index (χ4v) is 2.30. The first-order chi connectivity index (χ1) is 9.72. The second kappa shape index (κ2) is 3.80. The fourth-order valence-electron chi connectivity index (χ4n) is 2.30. The summed E-state index contributed by atoms with van der Waals surface area (Å²) in [7, 11) is 0. The molecule has 0 saturated heterocycles. The number of aromatic nitrogens is 3. The number of nitrogen functional groups attached to an aromatic ring is 1. The number of oxazole rings is 1. The van der Waals surface area contributed by atoms with E-state index >= 15 is 0 Å². The fraction of sp³-hybridized carbons (Fsp3) is 0. The molecule has 2 aromatic carbocycles. The molecule has 0 aliphatic carbocycles. The van der Waals surface area contributed by atoms with Gasteiger partial charge in [0.15, 0.2) is 12.0 Å². The van der Waals surface area contributed by atoms with E-state index in [-0.39, 0.29) is 0 Å². The Morgan fingerprint density at radius 1 is 1.20 bits per heavy atom. The van der Waals surface area contributed by atoms with E-state index in [4.69, 9.17) is 10.2 Å². The normalized spacial score (nSPS) is 11.4. The van der Waals surface area contributed by atoms with Crippen molar-refractivity contribution in [2.45, 2.75) is 0 Å². The summed E-state index contributed by atoms with van der Waals surface area (Å²) < 4.78 is 19.4. The van der Waals surface area contributed by atoms with Gasteiger partial charge >= 0.3 is 0 Å². The van der Waals surface area contributed by atoms with Crippen LogP contribution in [0.2, 0.25) is 0 Å². The third-order valence-corrected chi connectivity index (χ3v) is 3.26. The van der Waals surface area contributed by atoms with E-state index in [0.29, 0.717) is 28.0 Å². The molecule has 0 fully saturated rings. The van der Waals surface area contributed by atoms with Crippen molar-refractivity contribution in [3.05, 3.63) is 42.5 Å². The topological polar surface area (TPSA) is 80.7 Å². The van der Waals surface area contributed by atoms with Crippen molar-refractivity contribution in [3.8, 4) is 11.3 Å². The molecular formula is C14H9FN4O. The molecule has 0 aliphatic rings. The number of halogens is 1. The lowest BCUT2D eigenvalue weighted by Crippen LogP contribution is -1.87. The first-order valence-electron chi connectivity index (χ1n) is 5.99. The number of aromatic amines is 1. The van der Waals surface area contributed by atoms with Crippen molar-refractivity contribution in [2.24, 2.45) is 0 Å². The van der Waals surface area contributed by atoms with Crippen molar-refractivity contribution in [3.63, 3.8) is 0 Å². The smallest absolute Gasteiger partial charge is 0.181 e. The van der Waals surface area contributed by atoms with E-state index in [9.17, 15) is 4.39 Å². The largest absolute Gasteiger partial charge is 0.443 e. The Bertz CT molecular complexity index is 941. The number of anilines is 1. The minimum absolute atomic E-state index is 0.353. The Hall–Kier alpha value is -2.89. The molecule has 0 saturated carbocycles. The maximum atomic E-state index is 14.2. The number of hydrogen-bond acceptors (Lipinski definition) is 4. The molecular weight excluding hydrogens is 259 g/mol. The lowest BCUT2D eigenvalue weighted by Gasteiger charge is -2.01. The zero-order chi connectivity index (χ0) is 13.7. The van der Waals surface area contributed by atoms with Gasteiger partial charge in [0.1, 0.15) is 17.0 Å². The summed E-state index contributed by atoms with van der Waals surface area (Å²) in [5, 5.41) is 7.81. The number of fused-ring (bicyclic) bond motifs is 2. The molecule has 6 heteroatoms. The van der Waals surface area contributed by atoms with E-state index in [0.717, 1.165) is 10.9 Å². The minimum Gasteiger partial charge on any atom is -0.443 e. The molecule has 3 N–H and O–H groups in total. The van der Waals surface area contributed by atoms with Crippen LogP contribution in [0.1, 0.15) is 0 Å². The van der Waals surface area contributed by atoms with E-state index < -0.39 is 5.82 Å². The highest BCUT2D eigenvalue weighted by atomic mass is 19.1. The molecule has 98 valence electrons.